The van der Waals surface area contributed by atoms with Crippen LogP contribution in [0, 0.1) is 23.7 Å². The van der Waals surface area contributed by atoms with Crippen molar-refractivity contribution in [3.8, 4) is 0 Å². The topological polar surface area (TPSA) is 55.4 Å². The van der Waals surface area contributed by atoms with E-state index in [2.05, 4.69) is 17.5 Å². The molecular formula is C17H27NO3. The van der Waals surface area contributed by atoms with Crippen molar-refractivity contribution in [2.45, 2.75) is 59.1 Å². The van der Waals surface area contributed by atoms with E-state index in [1.807, 2.05) is 34.6 Å². The van der Waals surface area contributed by atoms with Crippen LogP contribution in [0.2, 0.25) is 0 Å². The molecule has 0 aromatic heterocycles. The molecule has 2 aliphatic rings. The Balaban J connectivity index is 1.98. The summed E-state index contributed by atoms with van der Waals surface area (Å²) in [4.78, 5) is 24.7. The minimum absolute atomic E-state index is 0.00332. The van der Waals surface area contributed by atoms with Gasteiger partial charge in [-0.15, -0.1) is 0 Å². The van der Waals surface area contributed by atoms with Crippen molar-refractivity contribution in [2.24, 2.45) is 23.7 Å². The molecule has 2 aliphatic carbocycles. The van der Waals surface area contributed by atoms with Gasteiger partial charge < -0.3 is 10.1 Å². The number of amides is 1. The van der Waals surface area contributed by atoms with Crippen LogP contribution in [0.5, 0.6) is 0 Å². The van der Waals surface area contributed by atoms with Crippen molar-refractivity contribution in [1.29, 1.82) is 0 Å². The first-order chi connectivity index (χ1) is 9.67. The second-order valence-electron chi connectivity index (χ2n) is 7.65. The zero-order chi connectivity index (χ0) is 15.8. The highest BCUT2D eigenvalue weighted by Gasteiger charge is 2.41. The van der Waals surface area contributed by atoms with Crippen molar-refractivity contribution in [3.05, 3.63) is 12.2 Å². The van der Waals surface area contributed by atoms with Crippen molar-refractivity contribution < 1.29 is 14.3 Å². The number of allylic oxidation sites excluding steroid dienone is 2. The van der Waals surface area contributed by atoms with Gasteiger partial charge in [-0.2, -0.15) is 0 Å². The number of hydrogen-bond donors (Lipinski definition) is 1. The zero-order valence-corrected chi connectivity index (χ0v) is 13.7. The highest BCUT2D eigenvalue weighted by Crippen LogP contribution is 2.43. The van der Waals surface area contributed by atoms with E-state index in [4.69, 9.17) is 4.74 Å². The summed E-state index contributed by atoms with van der Waals surface area (Å²) in [6, 6.07) is -0.570. The van der Waals surface area contributed by atoms with E-state index in [-0.39, 0.29) is 23.7 Å². The van der Waals surface area contributed by atoms with Gasteiger partial charge in [0, 0.05) is 5.92 Å². The summed E-state index contributed by atoms with van der Waals surface area (Å²) in [5.74, 6) is 0.578. The first kappa shape index (κ1) is 16.1. The molecule has 0 aromatic carbocycles. The smallest absolute Gasteiger partial charge is 0.329 e. The van der Waals surface area contributed by atoms with Crippen molar-refractivity contribution >= 4 is 11.9 Å². The summed E-state index contributed by atoms with van der Waals surface area (Å²) in [7, 11) is 0. The lowest BCUT2D eigenvalue weighted by Crippen LogP contribution is -2.49. The average molecular weight is 293 g/mol. The summed E-state index contributed by atoms with van der Waals surface area (Å²) in [6.07, 6.45) is 6.35. The van der Waals surface area contributed by atoms with E-state index in [9.17, 15) is 9.59 Å². The Morgan fingerprint density at radius 2 is 1.86 bits per heavy atom. The number of rotatable bonds is 4. The van der Waals surface area contributed by atoms with Crippen LogP contribution in [-0.2, 0) is 14.3 Å². The molecule has 1 fully saturated rings. The number of hydrogen-bond acceptors (Lipinski definition) is 3. The van der Waals surface area contributed by atoms with E-state index < -0.39 is 11.6 Å². The predicted molar refractivity (Wildman–Crippen MR) is 81.5 cm³/mol. The lowest BCUT2D eigenvalue weighted by atomic mass is 9.92. The molecule has 4 atom stereocenters. The van der Waals surface area contributed by atoms with E-state index in [0.29, 0.717) is 11.8 Å². The third kappa shape index (κ3) is 3.86. The molecule has 4 heteroatoms. The van der Waals surface area contributed by atoms with Crippen LogP contribution in [0.15, 0.2) is 12.2 Å². The molecular weight excluding hydrogens is 266 g/mol. The molecule has 21 heavy (non-hydrogen) atoms. The summed E-state index contributed by atoms with van der Waals surface area (Å²) in [6.45, 7) is 9.37. The Hall–Kier alpha value is -1.32. The maximum atomic E-state index is 12.5. The molecule has 0 aliphatic heterocycles. The second-order valence-corrected chi connectivity index (χ2v) is 7.65. The van der Waals surface area contributed by atoms with Gasteiger partial charge in [-0.1, -0.05) is 26.0 Å². The van der Waals surface area contributed by atoms with Crippen molar-refractivity contribution in [3.63, 3.8) is 0 Å². The number of esters is 1. The van der Waals surface area contributed by atoms with E-state index in [1.165, 1.54) is 0 Å². The molecule has 3 unspecified atom stereocenters. The molecule has 0 spiro atoms. The van der Waals surface area contributed by atoms with Gasteiger partial charge in [-0.25, -0.2) is 4.79 Å². The monoisotopic (exact) mass is 293 g/mol. The maximum Gasteiger partial charge on any atom is 0.329 e. The maximum absolute atomic E-state index is 12.5. The number of carbonyl (C=O) groups is 2. The fourth-order valence-electron chi connectivity index (χ4n) is 3.21. The minimum Gasteiger partial charge on any atom is -0.458 e. The van der Waals surface area contributed by atoms with E-state index >= 15 is 0 Å². The third-order valence-electron chi connectivity index (χ3n) is 4.24. The Morgan fingerprint density at radius 1 is 1.19 bits per heavy atom. The molecule has 0 saturated heterocycles. The van der Waals surface area contributed by atoms with Crippen LogP contribution in [-0.4, -0.2) is 23.5 Å². The molecule has 2 rings (SSSR count). The van der Waals surface area contributed by atoms with Crippen molar-refractivity contribution in [1.82, 2.24) is 5.32 Å². The summed E-state index contributed by atoms with van der Waals surface area (Å²) in [5, 5.41) is 2.92. The van der Waals surface area contributed by atoms with Gasteiger partial charge in [0.2, 0.25) is 5.91 Å². The summed E-state index contributed by atoms with van der Waals surface area (Å²) >= 11 is 0. The highest BCUT2D eigenvalue weighted by molar-refractivity contribution is 5.86. The number of carbonyl (C=O) groups excluding carboxylic acids is 2. The Morgan fingerprint density at radius 3 is 2.29 bits per heavy atom. The van der Waals surface area contributed by atoms with Gasteiger partial charge in [-0.05, 0) is 51.4 Å². The Bertz CT molecular complexity index is 447. The molecule has 0 radical (unpaired) electrons. The molecule has 4 nitrogen and oxygen atoms in total. The molecule has 0 aromatic rings. The van der Waals surface area contributed by atoms with Gasteiger partial charge in [0.25, 0.3) is 0 Å². The van der Waals surface area contributed by atoms with Gasteiger partial charge in [0.15, 0.2) is 0 Å². The van der Waals surface area contributed by atoms with Crippen LogP contribution in [0.1, 0.15) is 47.5 Å². The second kappa shape index (κ2) is 5.82. The van der Waals surface area contributed by atoms with Gasteiger partial charge >= 0.3 is 5.97 Å². The quantitative estimate of drug-likeness (QED) is 0.640. The Labute approximate surface area is 127 Å². The lowest BCUT2D eigenvalue weighted by Gasteiger charge is -2.28. The van der Waals surface area contributed by atoms with Crippen LogP contribution >= 0.6 is 0 Å². The first-order valence-corrected chi connectivity index (χ1v) is 7.89. The zero-order valence-electron chi connectivity index (χ0n) is 13.7. The highest BCUT2D eigenvalue weighted by atomic mass is 16.6. The molecule has 118 valence electrons. The fraction of sp³-hybridized carbons (Fsp3) is 0.765. The summed E-state index contributed by atoms with van der Waals surface area (Å²) in [5.41, 5.74) is -0.538. The lowest BCUT2D eigenvalue weighted by molar-refractivity contribution is -0.160. The number of fused-ring (bicyclic) bond motifs is 2. The van der Waals surface area contributed by atoms with E-state index in [1.54, 1.807) is 0 Å². The van der Waals surface area contributed by atoms with Crippen LogP contribution in [0.25, 0.3) is 0 Å². The molecule has 1 amide bonds. The standard InChI is InChI=1S/C17H27NO3/c1-10(2)14(16(20)21-17(3,4)5)18-15(19)13-9-11-6-7-12(13)8-11/h6-7,10-14H,8-9H2,1-5H3,(H,18,19)/t11?,12?,13?,14-/m0/s1. The fourth-order valence-corrected chi connectivity index (χ4v) is 3.21. The normalized spacial score (nSPS) is 28.8. The van der Waals surface area contributed by atoms with Crippen LogP contribution < -0.4 is 5.32 Å². The molecule has 2 bridgehead atoms. The summed E-state index contributed by atoms with van der Waals surface area (Å²) < 4.78 is 5.42. The number of nitrogens with one attached hydrogen (secondary N) is 1. The number of ether oxygens (including phenoxy) is 1. The molecule has 1 saturated carbocycles. The predicted octanol–water partition coefficient (Wildman–Crippen LogP) is 2.68. The van der Waals surface area contributed by atoms with Crippen LogP contribution in [0.3, 0.4) is 0 Å². The van der Waals surface area contributed by atoms with Crippen molar-refractivity contribution in [2.75, 3.05) is 0 Å². The van der Waals surface area contributed by atoms with E-state index in [0.717, 1.165) is 12.8 Å². The van der Waals surface area contributed by atoms with Gasteiger partial charge in [-0.3, -0.25) is 4.79 Å². The van der Waals surface area contributed by atoms with Gasteiger partial charge in [0.1, 0.15) is 11.6 Å². The first-order valence-electron chi connectivity index (χ1n) is 7.89. The molecule has 1 N–H and O–H groups in total. The minimum atomic E-state index is -0.570. The average Bonchev–Trinajstić information content (AvgIpc) is 2.94. The Kier molecular flexibility index (Phi) is 4.45. The van der Waals surface area contributed by atoms with Crippen LogP contribution in [0.4, 0.5) is 0 Å². The SMILES string of the molecule is CC(C)[C@H](NC(=O)C1CC2C=CC1C2)C(=O)OC(C)(C)C. The largest absolute Gasteiger partial charge is 0.458 e. The van der Waals surface area contributed by atoms with Gasteiger partial charge in [0.05, 0.1) is 0 Å². The third-order valence-corrected chi connectivity index (χ3v) is 4.24. The molecule has 0 heterocycles.